The molecule has 2 aliphatic rings. The lowest BCUT2D eigenvalue weighted by Crippen LogP contribution is -2.18. The van der Waals surface area contributed by atoms with E-state index < -0.39 is 0 Å². The maximum absolute atomic E-state index is 12.0. The van der Waals surface area contributed by atoms with Crippen LogP contribution in [-0.2, 0) is 16.0 Å². The predicted octanol–water partition coefficient (Wildman–Crippen LogP) is 4.02. The van der Waals surface area contributed by atoms with Crippen molar-refractivity contribution >= 4 is 18.1 Å². The van der Waals surface area contributed by atoms with Crippen LogP contribution in [0.2, 0.25) is 0 Å². The first-order valence-corrected chi connectivity index (χ1v) is 7.48. The fraction of sp³-hybridized carbons (Fsp3) is 0.316. The molecule has 1 aromatic rings. The summed E-state index contributed by atoms with van der Waals surface area (Å²) in [7, 11) is 0. The maximum atomic E-state index is 12.0. The summed E-state index contributed by atoms with van der Waals surface area (Å²) in [6.45, 7) is 5.85. The Kier molecular flexibility index (Phi) is 3.78. The number of allylic oxidation sites excluding steroid dienone is 1. The highest BCUT2D eigenvalue weighted by Gasteiger charge is 2.44. The first kappa shape index (κ1) is 13.9. The molecule has 0 N–H and O–H groups in total. The Morgan fingerprint density at radius 2 is 2.24 bits per heavy atom. The van der Waals surface area contributed by atoms with Crippen LogP contribution >= 0.6 is 0 Å². The molecule has 1 fully saturated rings. The van der Waals surface area contributed by atoms with E-state index in [1.54, 1.807) is 0 Å². The molecule has 0 saturated carbocycles. The van der Waals surface area contributed by atoms with Gasteiger partial charge in [0.25, 0.3) is 0 Å². The summed E-state index contributed by atoms with van der Waals surface area (Å²) in [5.41, 5.74) is 3.44. The molecule has 21 heavy (non-hydrogen) atoms. The molecule has 3 rings (SSSR count). The summed E-state index contributed by atoms with van der Waals surface area (Å²) in [6, 6.07) is 6.31. The Hall–Kier alpha value is -2.09. The Balaban J connectivity index is 1.84. The molecule has 3 atom stereocenters. The molecule has 2 nitrogen and oxygen atoms in total. The van der Waals surface area contributed by atoms with Gasteiger partial charge >= 0.3 is 5.97 Å². The minimum absolute atomic E-state index is 0.0400. The van der Waals surface area contributed by atoms with E-state index in [1.165, 1.54) is 5.56 Å². The van der Waals surface area contributed by atoms with Crippen LogP contribution in [0.15, 0.2) is 43.0 Å². The van der Waals surface area contributed by atoms with Crippen LogP contribution < -0.4 is 0 Å². The van der Waals surface area contributed by atoms with Crippen molar-refractivity contribution in [2.75, 3.05) is 0 Å². The summed E-state index contributed by atoms with van der Waals surface area (Å²) in [4.78, 5) is 12.0. The zero-order valence-electron chi connectivity index (χ0n) is 12.3. The van der Waals surface area contributed by atoms with Crippen LogP contribution in [0.25, 0.3) is 12.2 Å². The third kappa shape index (κ3) is 2.58. The average Bonchev–Trinajstić information content (AvgIpc) is 3.03. The zero-order valence-corrected chi connectivity index (χ0v) is 12.3. The van der Waals surface area contributed by atoms with Crippen LogP contribution in [0, 0.1) is 11.8 Å². The summed E-state index contributed by atoms with van der Waals surface area (Å²) < 4.78 is 5.46. The monoisotopic (exact) mass is 280 g/mol. The van der Waals surface area contributed by atoms with Gasteiger partial charge in [-0.25, -0.2) is 0 Å². The first-order chi connectivity index (χ1) is 10.2. The number of esters is 1. The van der Waals surface area contributed by atoms with Gasteiger partial charge in [-0.3, -0.25) is 4.79 Å². The fourth-order valence-electron chi connectivity index (χ4n) is 3.30. The highest BCUT2D eigenvalue weighted by Crippen LogP contribution is 2.37. The number of hydrogen-bond donors (Lipinski definition) is 0. The van der Waals surface area contributed by atoms with Crippen molar-refractivity contribution in [1.82, 2.24) is 0 Å². The van der Waals surface area contributed by atoms with Gasteiger partial charge in [-0.2, -0.15) is 0 Å². The van der Waals surface area contributed by atoms with Crippen molar-refractivity contribution in [3.63, 3.8) is 0 Å². The van der Waals surface area contributed by atoms with Crippen molar-refractivity contribution in [3.05, 3.63) is 59.7 Å². The van der Waals surface area contributed by atoms with Gasteiger partial charge in [0.05, 0.1) is 5.92 Å². The van der Waals surface area contributed by atoms with E-state index >= 15 is 0 Å². The molecule has 1 aromatic carbocycles. The number of carbonyl (C=O) groups excluding carboxylic acids is 1. The Bertz CT molecular complexity index is 624. The number of benzene rings is 1. The third-order valence-corrected chi connectivity index (χ3v) is 4.36. The number of ether oxygens (including phenoxy) is 1. The topological polar surface area (TPSA) is 26.3 Å². The second kappa shape index (κ2) is 5.72. The van der Waals surface area contributed by atoms with E-state index in [9.17, 15) is 4.79 Å². The second-order valence-electron chi connectivity index (χ2n) is 5.69. The molecule has 0 bridgehead atoms. The van der Waals surface area contributed by atoms with E-state index in [-0.39, 0.29) is 23.9 Å². The highest BCUT2D eigenvalue weighted by atomic mass is 16.6. The van der Waals surface area contributed by atoms with Gasteiger partial charge in [0.1, 0.15) is 6.10 Å². The number of carbonyl (C=O) groups is 1. The van der Waals surface area contributed by atoms with Gasteiger partial charge in [-0.05, 0) is 30.0 Å². The minimum Gasteiger partial charge on any atom is -0.461 e. The van der Waals surface area contributed by atoms with Gasteiger partial charge < -0.3 is 4.74 Å². The molecular formula is C19H20O2. The van der Waals surface area contributed by atoms with E-state index in [1.807, 2.05) is 19.1 Å². The lowest BCUT2D eigenvalue weighted by Gasteiger charge is -2.13. The van der Waals surface area contributed by atoms with Gasteiger partial charge in [-0.15, -0.1) is 0 Å². The largest absolute Gasteiger partial charge is 0.461 e. The average molecular weight is 280 g/mol. The number of fused-ring (bicyclic) bond motifs is 1. The van der Waals surface area contributed by atoms with Gasteiger partial charge in [0.15, 0.2) is 0 Å². The van der Waals surface area contributed by atoms with Crippen LogP contribution in [0.5, 0.6) is 0 Å². The first-order valence-electron chi connectivity index (χ1n) is 7.48. The van der Waals surface area contributed by atoms with Crippen molar-refractivity contribution in [2.24, 2.45) is 11.8 Å². The molecular weight excluding hydrogens is 260 g/mol. The third-order valence-electron chi connectivity index (χ3n) is 4.36. The highest BCUT2D eigenvalue weighted by molar-refractivity contribution is 5.76. The van der Waals surface area contributed by atoms with Crippen molar-refractivity contribution in [3.8, 4) is 0 Å². The Labute approximate surface area is 125 Å². The summed E-state index contributed by atoms with van der Waals surface area (Å²) in [5.74, 6) is 0.165. The smallest absolute Gasteiger partial charge is 0.310 e. The fourth-order valence-corrected chi connectivity index (χ4v) is 3.30. The summed E-state index contributed by atoms with van der Waals surface area (Å²) in [6.07, 6.45) is 11.9. The van der Waals surface area contributed by atoms with Crippen molar-refractivity contribution in [2.45, 2.75) is 25.9 Å². The lowest BCUT2D eigenvalue weighted by atomic mass is 9.86. The van der Waals surface area contributed by atoms with Crippen LogP contribution in [0.4, 0.5) is 0 Å². The number of hydrogen-bond acceptors (Lipinski definition) is 2. The Morgan fingerprint density at radius 3 is 3.00 bits per heavy atom. The Morgan fingerprint density at radius 1 is 1.38 bits per heavy atom. The van der Waals surface area contributed by atoms with Crippen molar-refractivity contribution in [1.29, 1.82) is 0 Å². The van der Waals surface area contributed by atoms with E-state index in [0.29, 0.717) is 0 Å². The molecule has 0 spiro atoms. The molecule has 1 saturated heterocycles. The van der Waals surface area contributed by atoms with E-state index in [0.717, 1.165) is 24.0 Å². The predicted molar refractivity (Wildman–Crippen MR) is 85.6 cm³/mol. The SMILES string of the molecule is C=Cc1ccc(CC2C(=O)OC3CC=CC32)cc1/C=C\C. The van der Waals surface area contributed by atoms with Gasteiger partial charge in [0, 0.05) is 12.3 Å². The van der Waals surface area contributed by atoms with Crippen LogP contribution in [-0.4, -0.2) is 12.1 Å². The minimum atomic E-state index is -0.0465. The van der Waals surface area contributed by atoms with Gasteiger partial charge in [0.2, 0.25) is 0 Å². The van der Waals surface area contributed by atoms with Crippen LogP contribution in [0.1, 0.15) is 30.0 Å². The molecule has 108 valence electrons. The molecule has 1 aliphatic carbocycles. The van der Waals surface area contributed by atoms with E-state index in [4.69, 9.17) is 4.74 Å². The normalized spacial score (nSPS) is 27.1. The molecule has 2 heteroatoms. The molecule has 1 heterocycles. The molecule has 1 aliphatic heterocycles. The molecule has 0 aromatic heterocycles. The second-order valence-corrected chi connectivity index (χ2v) is 5.69. The summed E-state index contributed by atoms with van der Waals surface area (Å²) in [5, 5.41) is 0. The zero-order chi connectivity index (χ0) is 14.8. The number of rotatable bonds is 4. The van der Waals surface area contributed by atoms with E-state index in [2.05, 4.69) is 43.0 Å². The van der Waals surface area contributed by atoms with Gasteiger partial charge in [-0.1, -0.05) is 55.2 Å². The maximum Gasteiger partial charge on any atom is 0.310 e. The van der Waals surface area contributed by atoms with Crippen LogP contribution in [0.3, 0.4) is 0 Å². The molecule has 3 unspecified atom stereocenters. The molecule has 0 radical (unpaired) electrons. The van der Waals surface area contributed by atoms with Crippen molar-refractivity contribution < 1.29 is 9.53 Å². The standard InChI is InChI=1S/C19H20O2/c1-3-6-15-11-13(9-10-14(15)4-2)12-17-16-7-5-8-18(16)21-19(17)20/h3-7,9-11,16-18H,2,8,12H2,1H3/b6-3-. The lowest BCUT2D eigenvalue weighted by molar-refractivity contribution is -0.144. The summed E-state index contributed by atoms with van der Waals surface area (Å²) >= 11 is 0. The quantitative estimate of drug-likeness (QED) is 0.615. The molecule has 0 amide bonds.